The normalized spacial score (nSPS) is 12.3. The average molecular weight is 485 g/mol. The molecule has 0 radical (unpaired) electrons. The van der Waals surface area contributed by atoms with Gasteiger partial charge in [0.1, 0.15) is 17.7 Å². The second-order valence-corrected chi connectivity index (χ2v) is 7.73. The maximum absolute atomic E-state index is 13.5. The predicted octanol–water partition coefficient (Wildman–Crippen LogP) is 3.43. The van der Waals surface area contributed by atoms with Crippen LogP contribution in [-0.2, 0) is 11.3 Å². The molecular formula is C25H29FN4O5. The molecule has 2 amide bonds. The first kappa shape index (κ1) is 27.2. The highest BCUT2D eigenvalue weighted by Gasteiger charge is 2.16. The van der Waals surface area contributed by atoms with Gasteiger partial charge in [-0.3, -0.25) is 14.4 Å². The molecule has 0 saturated carbocycles. The molecule has 0 aliphatic rings. The summed E-state index contributed by atoms with van der Waals surface area (Å²) in [6.07, 6.45) is 7.54. The molecule has 0 fully saturated rings. The van der Waals surface area contributed by atoms with E-state index < -0.39 is 23.6 Å². The second kappa shape index (κ2) is 13.6. The van der Waals surface area contributed by atoms with Crippen LogP contribution in [0.1, 0.15) is 59.7 Å². The smallest absolute Gasteiger partial charge is 0.307 e. The molecule has 0 bridgehead atoms. The molecule has 186 valence electrons. The van der Waals surface area contributed by atoms with Crippen molar-refractivity contribution >= 4 is 17.8 Å². The first-order chi connectivity index (χ1) is 16.7. The quantitative estimate of drug-likeness (QED) is 0.394. The van der Waals surface area contributed by atoms with Crippen LogP contribution < -0.4 is 15.4 Å². The van der Waals surface area contributed by atoms with Crippen LogP contribution in [0.25, 0.3) is 0 Å². The second-order valence-electron chi connectivity index (χ2n) is 7.73. The highest BCUT2D eigenvalue weighted by atomic mass is 19.1. The zero-order valence-electron chi connectivity index (χ0n) is 19.9. The van der Waals surface area contributed by atoms with Crippen LogP contribution >= 0.6 is 0 Å². The van der Waals surface area contributed by atoms with Gasteiger partial charge in [0.05, 0.1) is 13.5 Å². The number of carboxylic acids is 1. The molecule has 2 rings (SSSR count). The first-order valence-corrected chi connectivity index (χ1v) is 11.0. The number of hydrogen-bond acceptors (Lipinski definition) is 6. The van der Waals surface area contributed by atoms with Crippen molar-refractivity contribution in [3.05, 3.63) is 77.2 Å². The standard InChI is InChI=1S/C25H29FN4O5/c1-4-5-18(9-6-16(2)7-11-23(31)32)30-25(34)21-13-20(28-15-29-21)24(33)27-14-17-8-10-19(26)22(12-17)35-3/h4-5,7-8,10,12-13,15,18H,6,9,11,14H2,1-3H3,(H,27,33)(H,30,34)(H,31,32)/b5-4+,16-7+. The third kappa shape index (κ3) is 9.00. The van der Waals surface area contributed by atoms with E-state index in [2.05, 4.69) is 20.6 Å². The predicted molar refractivity (Wildman–Crippen MR) is 127 cm³/mol. The largest absolute Gasteiger partial charge is 0.494 e. The van der Waals surface area contributed by atoms with Gasteiger partial charge in [0, 0.05) is 18.7 Å². The average Bonchev–Trinajstić information content (AvgIpc) is 2.85. The number of carbonyl (C=O) groups excluding carboxylic acids is 2. The topological polar surface area (TPSA) is 131 Å². The molecule has 3 N–H and O–H groups in total. The summed E-state index contributed by atoms with van der Waals surface area (Å²) in [5.41, 5.74) is 1.58. The molecule has 10 heteroatoms. The number of carbonyl (C=O) groups is 3. The Morgan fingerprint density at radius 2 is 1.89 bits per heavy atom. The summed E-state index contributed by atoms with van der Waals surface area (Å²) in [5.74, 6) is -2.32. The third-order valence-electron chi connectivity index (χ3n) is 5.02. The Hall–Kier alpha value is -4.08. The van der Waals surface area contributed by atoms with E-state index in [1.165, 1.54) is 31.4 Å². The zero-order valence-corrected chi connectivity index (χ0v) is 19.9. The van der Waals surface area contributed by atoms with E-state index in [0.717, 1.165) is 11.9 Å². The number of benzene rings is 1. The molecular weight excluding hydrogens is 455 g/mol. The van der Waals surface area contributed by atoms with Crippen LogP contribution in [0.3, 0.4) is 0 Å². The van der Waals surface area contributed by atoms with E-state index in [1.54, 1.807) is 6.08 Å². The maximum Gasteiger partial charge on any atom is 0.307 e. The number of halogens is 1. The van der Waals surface area contributed by atoms with E-state index in [-0.39, 0.29) is 36.1 Å². The van der Waals surface area contributed by atoms with Crippen LogP contribution in [0, 0.1) is 5.82 Å². The van der Waals surface area contributed by atoms with Crippen molar-refractivity contribution in [3.8, 4) is 5.75 Å². The molecule has 1 heterocycles. The molecule has 0 spiro atoms. The Balaban J connectivity index is 2.00. The van der Waals surface area contributed by atoms with Crippen molar-refractivity contribution in [2.45, 2.75) is 45.7 Å². The van der Waals surface area contributed by atoms with E-state index >= 15 is 0 Å². The van der Waals surface area contributed by atoms with Crippen molar-refractivity contribution in [1.82, 2.24) is 20.6 Å². The number of amides is 2. The van der Waals surface area contributed by atoms with E-state index in [9.17, 15) is 18.8 Å². The van der Waals surface area contributed by atoms with Gasteiger partial charge in [-0.05, 0) is 44.4 Å². The van der Waals surface area contributed by atoms with Gasteiger partial charge in [0.2, 0.25) is 0 Å². The molecule has 1 aromatic carbocycles. The van der Waals surface area contributed by atoms with Crippen molar-refractivity contribution in [1.29, 1.82) is 0 Å². The number of hydrogen-bond donors (Lipinski definition) is 3. The summed E-state index contributed by atoms with van der Waals surface area (Å²) < 4.78 is 18.5. The molecule has 0 aliphatic carbocycles. The number of nitrogens with one attached hydrogen (secondary N) is 2. The minimum atomic E-state index is -0.899. The van der Waals surface area contributed by atoms with E-state index in [1.807, 2.05) is 26.0 Å². The maximum atomic E-state index is 13.5. The number of nitrogens with zero attached hydrogens (tertiary/aromatic N) is 2. The number of methoxy groups -OCH3 is 1. The van der Waals surface area contributed by atoms with Gasteiger partial charge in [-0.2, -0.15) is 0 Å². The third-order valence-corrected chi connectivity index (χ3v) is 5.02. The Morgan fingerprint density at radius 3 is 2.54 bits per heavy atom. The van der Waals surface area contributed by atoms with Gasteiger partial charge in [-0.1, -0.05) is 29.9 Å². The molecule has 2 aromatic rings. The van der Waals surface area contributed by atoms with E-state index in [4.69, 9.17) is 9.84 Å². The van der Waals surface area contributed by atoms with Crippen LogP contribution in [0.5, 0.6) is 5.75 Å². The lowest BCUT2D eigenvalue weighted by molar-refractivity contribution is -0.136. The molecule has 35 heavy (non-hydrogen) atoms. The van der Waals surface area contributed by atoms with Crippen molar-refractivity contribution < 1.29 is 28.6 Å². The Labute approximate surface area is 203 Å². The summed E-state index contributed by atoms with van der Waals surface area (Å²) in [7, 11) is 1.35. The van der Waals surface area contributed by atoms with Gasteiger partial charge < -0.3 is 20.5 Å². The van der Waals surface area contributed by atoms with Crippen LogP contribution in [0.4, 0.5) is 4.39 Å². The molecule has 1 atom stereocenters. The summed E-state index contributed by atoms with van der Waals surface area (Å²) >= 11 is 0. The molecule has 1 unspecified atom stereocenters. The fourth-order valence-corrected chi connectivity index (χ4v) is 3.13. The lowest BCUT2D eigenvalue weighted by atomic mass is 10.0. The SMILES string of the molecule is C/C=C/C(CC/C(C)=C/CC(=O)O)NC(=O)c1cc(C(=O)NCc2ccc(F)c(OC)c2)ncn1. The number of aliphatic carboxylic acids is 1. The lowest BCUT2D eigenvalue weighted by Crippen LogP contribution is -2.34. The van der Waals surface area contributed by atoms with Gasteiger partial charge in [0.25, 0.3) is 11.8 Å². The first-order valence-electron chi connectivity index (χ1n) is 11.0. The highest BCUT2D eigenvalue weighted by molar-refractivity contribution is 5.97. The highest BCUT2D eigenvalue weighted by Crippen LogP contribution is 2.18. The number of ether oxygens (including phenoxy) is 1. The number of rotatable bonds is 12. The Morgan fingerprint density at radius 1 is 1.17 bits per heavy atom. The fraction of sp³-hybridized carbons (Fsp3) is 0.320. The Kier molecular flexibility index (Phi) is 10.5. The minimum absolute atomic E-state index is 0.00857. The number of aromatic nitrogens is 2. The molecule has 0 saturated heterocycles. The minimum Gasteiger partial charge on any atom is -0.494 e. The summed E-state index contributed by atoms with van der Waals surface area (Å²) in [6, 6.07) is 5.24. The van der Waals surface area contributed by atoms with Crippen molar-refractivity contribution in [2.75, 3.05) is 7.11 Å². The van der Waals surface area contributed by atoms with Crippen molar-refractivity contribution in [3.63, 3.8) is 0 Å². The fourth-order valence-electron chi connectivity index (χ4n) is 3.13. The summed E-state index contributed by atoms with van der Waals surface area (Å²) in [4.78, 5) is 43.9. The van der Waals surface area contributed by atoms with Crippen molar-refractivity contribution in [2.24, 2.45) is 0 Å². The van der Waals surface area contributed by atoms with Gasteiger partial charge in [0.15, 0.2) is 11.6 Å². The number of carboxylic acid groups (broad SMARTS) is 1. The van der Waals surface area contributed by atoms with Gasteiger partial charge >= 0.3 is 5.97 Å². The molecule has 1 aromatic heterocycles. The number of allylic oxidation sites excluding steroid dienone is 2. The molecule has 0 aliphatic heterocycles. The zero-order chi connectivity index (χ0) is 25.8. The van der Waals surface area contributed by atoms with Gasteiger partial charge in [-0.25, -0.2) is 14.4 Å². The summed E-state index contributed by atoms with van der Waals surface area (Å²) in [6.45, 7) is 3.78. The van der Waals surface area contributed by atoms with Gasteiger partial charge in [-0.15, -0.1) is 0 Å². The lowest BCUT2D eigenvalue weighted by Gasteiger charge is -2.15. The molecule has 9 nitrogen and oxygen atoms in total. The van der Waals surface area contributed by atoms with Crippen LogP contribution in [0.15, 0.2) is 54.4 Å². The monoisotopic (exact) mass is 484 g/mol. The summed E-state index contributed by atoms with van der Waals surface area (Å²) in [5, 5.41) is 14.3. The Bertz CT molecular complexity index is 1120. The van der Waals surface area contributed by atoms with Crippen LogP contribution in [0.2, 0.25) is 0 Å². The van der Waals surface area contributed by atoms with Crippen LogP contribution in [-0.4, -0.2) is 46.0 Å². The van der Waals surface area contributed by atoms with E-state index in [0.29, 0.717) is 18.4 Å².